The first-order valence-corrected chi connectivity index (χ1v) is 5.91. The molecule has 1 fully saturated rings. The number of benzene rings is 1. The average molecular weight is 228 g/mol. The van der Waals surface area contributed by atoms with Gasteiger partial charge >= 0.3 is 0 Å². The van der Waals surface area contributed by atoms with Crippen molar-refractivity contribution >= 4 is 11.4 Å². The van der Waals surface area contributed by atoms with Crippen LogP contribution in [0.3, 0.4) is 0 Å². The summed E-state index contributed by atoms with van der Waals surface area (Å²) in [4.78, 5) is 6.50. The Labute approximate surface area is 101 Å². The number of anilines is 2. The SMILES string of the molecule is Nc1ccc(N2CCC(n3ccnc3)C2)cc1. The van der Waals surface area contributed by atoms with Crippen LogP contribution in [-0.2, 0) is 0 Å². The van der Waals surface area contributed by atoms with Crippen LogP contribution in [0.15, 0.2) is 43.0 Å². The molecule has 2 N–H and O–H groups in total. The van der Waals surface area contributed by atoms with Gasteiger partial charge < -0.3 is 15.2 Å². The maximum Gasteiger partial charge on any atom is 0.0949 e. The lowest BCUT2D eigenvalue weighted by Crippen LogP contribution is -2.20. The minimum atomic E-state index is 0.537. The van der Waals surface area contributed by atoms with E-state index < -0.39 is 0 Å². The van der Waals surface area contributed by atoms with Gasteiger partial charge in [0.25, 0.3) is 0 Å². The van der Waals surface area contributed by atoms with Crippen molar-refractivity contribution in [2.45, 2.75) is 12.5 Å². The number of nitrogens with two attached hydrogens (primary N) is 1. The highest BCUT2D eigenvalue weighted by molar-refractivity contribution is 5.53. The lowest BCUT2D eigenvalue weighted by atomic mass is 10.2. The van der Waals surface area contributed by atoms with Crippen molar-refractivity contribution in [3.8, 4) is 0 Å². The monoisotopic (exact) mass is 228 g/mol. The van der Waals surface area contributed by atoms with Gasteiger partial charge in [0.15, 0.2) is 0 Å². The van der Waals surface area contributed by atoms with Crippen molar-refractivity contribution in [2.75, 3.05) is 23.7 Å². The Balaban J connectivity index is 1.74. The quantitative estimate of drug-likeness (QED) is 0.799. The molecule has 1 aromatic carbocycles. The summed E-state index contributed by atoms with van der Waals surface area (Å²) >= 11 is 0. The van der Waals surface area contributed by atoms with Crippen LogP contribution in [0.1, 0.15) is 12.5 Å². The molecule has 4 nitrogen and oxygen atoms in total. The molecule has 1 aliphatic rings. The van der Waals surface area contributed by atoms with Crippen molar-refractivity contribution in [2.24, 2.45) is 0 Å². The molecule has 1 aromatic heterocycles. The van der Waals surface area contributed by atoms with Gasteiger partial charge in [0.05, 0.1) is 12.4 Å². The summed E-state index contributed by atoms with van der Waals surface area (Å²) in [5, 5.41) is 0. The summed E-state index contributed by atoms with van der Waals surface area (Å²) in [6, 6.07) is 8.63. The number of hydrogen-bond acceptors (Lipinski definition) is 3. The second-order valence-electron chi connectivity index (χ2n) is 4.49. The Bertz CT molecular complexity index is 475. The van der Waals surface area contributed by atoms with Crippen LogP contribution in [0.2, 0.25) is 0 Å². The molecular weight excluding hydrogens is 212 g/mol. The number of rotatable bonds is 2. The summed E-state index contributed by atoms with van der Waals surface area (Å²) in [7, 11) is 0. The Morgan fingerprint density at radius 1 is 1.24 bits per heavy atom. The minimum Gasteiger partial charge on any atom is -0.399 e. The van der Waals surface area contributed by atoms with Crippen molar-refractivity contribution in [1.82, 2.24) is 9.55 Å². The van der Waals surface area contributed by atoms with Gasteiger partial charge in [-0.15, -0.1) is 0 Å². The summed E-state index contributed by atoms with van der Waals surface area (Å²) in [5.41, 5.74) is 7.77. The third-order valence-corrected chi connectivity index (χ3v) is 3.37. The molecule has 1 saturated heterocycles. The van der Waals surface area contributed by atoms with Crippen molar-refractivity contribution < 1.29 is 0 Å². The normalized spacial score (nSPS) is 19.8. The lowest BCUT2D eigenvalue weighted by Gasteiger charge is -2.19. The van der Waals surface area contributed by atoms with E-state index in [9.17, 15) is 0 Å². The third-order valence-electron chi connectivity index (χ3n) is 3.37. The molecule has 1 aliphatic heterocycles. The van der Waals surface area contributed by atoms with E-state index in [-0.39, 0.29) is 0 Å². The molecule has 1 atom stereocenters. The van der Waals surface area contributed by atoms with E-state index in [4.69, 9.17) is 5.73 Å². The van der Waals surface area contributed by atoms with Crippen LogP contribution in [0.4, 0.5) is 11.4 Å². The highest BCUT2D eigenvalue weighted by Crippen LogP contribution is 2.27. The highest BCUT2D eigenvalue weighted by atomic mass is 15.2. The molecule has 1 unspecified atom stereocenters. The molecular formula is C13H16N4. The predicted octanol–water partition coefficient (Wildman–Crippen LogP) is 1.92. The number of imidazole rings is 1. The molecule has 3 rings (SSSR count). The van der Waals surface area contributed by atoms with E-state index in [2.05, 4.69) is 26.6 Å². The lowest BCUT2D eigenvalue weighted by molar-refractivity contribution is 0.551. The van der Waals surface area contributed by atoms with Crippen LogP contribution >= 0.6 is 0 Å². The van der Waals surface area contributed by atoms with E-state index >= 15 is 0 Å². The first-order chi connectivity index (χ1) is 8.33. The fraction of sp³-hybridized carbons (Fsp3) is 0.308. The van der Waals surface area contributed by atoms with Gasteiger partial charge in [-0.2, -0.15) is 0 Å². The molecule has 17 heavy (non-hydrogen) atoms. The van der Waals surface area contributed by atoms with Crippen molar-refractivity contribution in [1.29, 1.82) is 0 Å². The van der Waals surface area contributed by atoms with Gasteiger partial charge in [0.1, 0.15) is 0 Å². The van der Waals surface area contributed by atoms with Gasteiger partial charge in [-0.1, -0.05) is 0 Å². The van der Waals surface area contributed by atoms with Gasteiger partial charge in [-0.05, 0) is 30.7 Å². The smallest absolute Gasteiger partial charge is 0.0949 e. The standard InChI is InChI=1S/C13H16N4/c14-11-1-3-12(4-2-11)16-7-5-13(9-16)17-8-6-15-10-17/h1-4,6,8,10,13H,5,7,9,14H2. The molecule has 2 heterocycles. The van der Waals surface area contributed by atoms with Gasteiger partial charge in [0, 0.05) is 36.9 Å². The Morgan fingerprint density at radius 2 is 2.06 bits per heavy atom. The number of nitrogens with zero attached hydrogens (tertiary/aromatic N) is 3. The van der Waals surface area contributed by atoms with Crippen LogP contribution in [-0.4, -0.2) is 22.6 Å². The largest absolute Gasteiger partial charge is 0.399 e. The summed E-state index contributed by atoms with van der Waals surface area (Å²) in [6.07, 6.45) is 6.95. The Kier molecular flexibility index (Phi) is 2.48. The fourth-order valence-corrected chi connectivity index (χ4v) is 2.39. The number of aromatic nitrogens is 2. The van der Waals surface area contributed by atoms with E-state index in [1.54, 1.807) is 0 Å². The third kappa shape index (κ3) is 1.98. The number of hydrogen-bond donors (Lipinski definition) is 1. The number of nitrogen functional groups attached to an aromatic ring is 1. The van der Waals surface area contributed by atoms with E-state index in [1.807, 2.05) is 30.9 Å². The first-order valence-electron chi connectivity index (χ1n) is 5.91. The van der Waals surface area contributed by atoms with Crippen LogP contribution < -0.4 is 10.6 Å². The fourth-order valence-electron chi connectivity index (χ4n) is 2.39. The zero-order valence-corrected chi connectivity index (χ0v) is 9.66. The highest BCUT2D eigenvalue weighted by Gasteiger charge is 2.23. The maximum atomic E-state index is 5.70. The molecule has 4 heteroatoms. The summed E-state index contributed by atoms with van der Waals surface area (Å²) in [5.74, 6) is 0. The van der Waals surface area contributed by atoms with E-state index in [0.717, 1.165) is 18.8 Å². The van der Waals surface area contributed by atoms with E-state index in [0.29, 0.717) is 6.04 Å². The Morgan fingerprint density at radius 3 is 2.76 bits per heavy atom. The molecule has 0 spiro atoms. The van der Waals surface area contributed by atoms with Gasteiger partial charge in [-0.3, -0.25) is 0 Å². The molecule has 0 bridgehead atoms. The van der Waals surface area contributed by atoms with Crippen molar-refractivity contribution in [3.63, 3.8) is 0 Å². The first kappa shape index (κ1) is 10.2. The maximum absolute atomic E-state index is 5.70. The topological polar surface area (TPSA) is 47.1 Å². The molecule has 0 radical (unpaired) electrons. The zero-order chi connectivity index (χ0) is 11.7. The van der Waals surface area contributed by atoms with Crippen LogP contribution in [0, 0.1) is 0 Å². The summed E-state index contributed by atoms with van der Waals surface area (Å²) in [6.45, 7) is 2.13. The predicted molar refractivity (Wildman–Crippen MR) is 68.9 cm³/mol. The second-order valence-corrected chi connectivity index (χ2v) is 4.49. The molecule has 0 amide bonds. The molecule has 0 saturated carbocycles. The average Bonchev–Trinajstić information content (AvgIpc) is 3.00. The van der Waals surface area contributed by atoms with Crippen LogP contribution in [0.5, 0.6) is 0 Å². The molecule has 2 aromatic rings. The molecule has 88 valence electrons. The zero-order valence-electron chi connectivity index (χ0n) is 9.66. The van der Waals surface area contributed by atoms with Crippen molar-refractivity contribution in [3.05, 3.63) is 43.0 Å². The Hall–Kier alpha value is -1.97. The molecule has 0 aliphatic carbocycles. The van der Waals surface area contributed by atoms with Gasteiger partial charge in [-0.25, -0.2) is 4.98 Å². The van der Waals surface area contributed by atoms with Gasteiger partial charge in [0.2, 0.25) is 0 Å². The van der Waals surface area contributed by atoms with E-state index in [1.165, 1.54) is 12.1 Å². The van der Waals surface area contributed by atoms with Crippen LogP contribution in [0.25, 0.3) is 0 Å². The second kappa shape index (κ2) is 4.13. The minimum absolute atomic E-state index is 0.537. The summed E-state index contributed by atoms with van der Waals surface area (Å²) < 4.78 is 2.19.